The van der Waals surface area contributed by atoms with Gasteiger partial charge in [-0.3, -0.25) is 0 Å². The van der Waals surface area contributed by atoms with Gasteiger partial charge >= 0.3 is 0 Å². The molecule has 0 radical (unpaired) electrons. The van der Waals surface area contributed by atoms with Gasteiger partial charge < -0.3 is 30.3 Å². The minimum absolute atomic E-state index is 0. The normalized spacial score (nSPS) is 24.2. The maximum absolute atomic E-state index is 4.90. The van der Waals surface area contributed by atoms with E-state index in [0.29, 0.717) is 0 Å². The summed E-state index contributed by atoms with van der Waals surface area (Å²) in [5, 5.41) is 2.95. The summed E-state index contributed by atoms with van der Waals surface area (Å²) in [6.45, 7) is 23.0. The Bertz CT molecular complexity index is 1550. The largest absolute Gasteiger partial charge is 0.748 e. The maximum atomic E-state index is 4.90. The van der Waals surface area contributed by atoms with Gasteiger partial charge in [-0.1, -0.05) is 66.2 Å². The van der Waals surface area contributed by atoms with E-state index in [-0.39, 0.29) is 30.1 Å². The number of nitrogens with zero attached hydrogens (tertiary/aromatic N) is 4. The zero-order chi connectivity index (χ0) is 34.5. The van der Waals surface area contributed by atoms with E-state index in [1.54, 1.807) is 15.9 Å². The van der Waals surface area contributed by atoms with Crippen LogP contribution in [0.15, 0.2) is 73.3 Å². The molecule has 0 spiro atoms. The van der Waals surface area contributed by atoms with Crippen LogP contribution in [0.5, 0.6) is 0 Å². The van der Waals surface area contributed by atoms with Crippen LogP contribution in [0.3, 0.4) is 0 Å². The van der Waals surface area contributed by atoms with Gasteiger partial charge in [0.25, 0.3) is 0 Å². The average molecular weight is 769 g/mol. The summed E-state index contributed by atoms with van der Waals surface area (Å²) in [6, 6.07) is 16.4. The molecule has 0 aliphatic heterocycles. The van der Waals surface area contributed by atoms with E-state index in [2.05, 4.69) is 75.4 Å². The van der Waals surface area contributed by atoms with Crippen molar-refractivity contribution >= 4 is 43.7 Å². The molecule has 2 aromatic carbocycles. The van der Waals surface area contributed by atoms with Gasteiger partial charge in [0, 0.05) is 49.9 Å². The topological polar surface area (TPSA) is 51.6 Å². The summed E-state index contributed by atoms with van der Waals surface area (Å²) in [7, 11) is -0.499. The van der Waals surface area contributed by atoms with Gasteiger partial charge in [-0.15, -0.1) is 28.3 Å². The minimum atomic E-state index is -1.75. The molecule has 0 amide bonds. The Balaban J connectivity index is 0.000000717. The second-order valence-electron chi connectivity index (χ2n) is 18.0. The van der Waals surface area contributed by atoms with Crippen LogP contribution in [0.1, 0.15) is 75.7 Å². The van der Waals surface area contributed by atoms with Crippen molar-refractivity contribution in [2.75, 3.05) is 0 Å². The first kappa shape index (κ1) is 38.9. The van der Waals surface area contributed by atoms with Crippen molar-refractivity contribution in [2.24, 2.45) is 23.7 Å². The van der Waals surface area contributed by atoms with Crippen LogP contribution in [-0.2, 0) is 28.4 Å². The molecule has 4 fully saturated rings. The quantitative estimate of drug-likeness (QED) is 0.102. The molecule has 4 aliphatic rings. The van der Waals surface area contributed by atoms with E-state index in [4.69, 9.17) is 19.9 Å². The summed E-state index contributed by atoms with van der Waals surface area (Å²) >= 11 is 0. The third kappa shape index (κ3) is 8.03. The molecule has 4 aliphatic carbocycles. The summed E-state index contributed by atoms with van der Waals surface area (Å²) in [5.41, 5.74) is 3.85. The van der Waals surface area contributed by atoms with E-state index in [1.807, 2.05) is 67.3 Å². The summed E-state index contributed by atoms with van der Waals surface area (Å²) < 4.78 is 0. The molecule has 9 heteroatoms. The van der Waals surface area contributed by atoms with Crippen LogP contribution in [0.4, 0.5) is 0 Å². The number of hydrogen-bond donors (Lipinski definition) is 0. The van der Waals surface area contributed by atoms with E-state index in [9.17, 15) is 0 Å². The molecule has 4 aromatic rings. The first-order chi connectivity index (χ1) is 22.6. The van der Waals surface area contributed by atoms with E-state index in [0.717, 1.165) is 41.0 Å². The third-order valence-electron chi connectivity index (χ3n) is 11.3. The number of aromatic nitrogens is 4. The first-order valence-electron chi connectivity index (χ1n) is 18.2. The Morgan fingerprint density at radius 3 is 1.53 bits per heavy atom. The van der Waals surface area contributed by atoms with Crippen LogP contribution < -0.4 is 10.4 Å². The molecule has 8 rings (SSSR count). The molecular formula is C40H58FeN4P2Si2-6. The SMILES string of the molecule is CC(C)(C)P(C[c-]1c(C(P)(c2ncccn2)c2ncccn2)cc([Si](C)(C)C)c1[Si](C)(C)C)C1C2CC3CC(C2)CC1C3.[Fe].[cH-]1[cH-][cH-][cH-][cH-]1. The average Bonchev–Trinajstić information content (AvgIpc) is 3.73. The number of rotatable bonds is 8. The summed E-state index contributed by atoms with van der Waals surface area (Å²) in [5.74, 6) is 5.43. The molecule has 2 heterocycles. The van der Waals surface area contributed by atoms with Crippen molar-refractivity contribution in [1.29, 1.82) is 0 Å². The second-order valence-corrected chi connectivity index (χ2v) is 32.1. The van der Waals surface area contributed by atoms with Crippen molar-refractivity contribution in [3.63, 3.8) is 0 Å². The van der Waals surface area contributed by atoms with E-state index < -0.39 is 21.3 Å². The van der Waals surface area contributed by atoms with Crippen molar-refractivity contribution in [3.05, 3.63) is 96.1 Å². The van der Waals surface area contributed by atoms with Crippen molar-refractivity contribution in [3.8, 4) is 0 Å². The zero-order valence-corrected chi connectivity index (χ0v) is 36.4. The monoisotopic (exact) mass is 768 g/mol. The summed E-state index contributed by atoms with van der Waals surface area (Å²) in [4.78, 5) is 19.6. The van der Waals surface area contributed by atoms with Gasteiger partial charge in [-0.2, -0.15) is 5.19 Å². The van der Waals surface area contributed by atoms with Crippen LogP contribution in [0.2, 0.25) is 39.3 Å². The molecule has 4 bridgehead atoms. The molecule has 4 nitrogen and oxygen atoms in total. The Kier molecular flexibility index (Phi) is 11.9. The molecule has 270 valence electrons. The molecular weight excluding hydrogens is 710 g/mol. The van der Waals surface area contributed by atoms with Crippen LogP contribution in [-0.4, -0.2) is 46.9 Å². The fraction of sp³-hybridized carbons (Fsp3) is 0.550. The smallest absolute Gasteiger partial charge is 0.147 e. The predicted octanol–water partition coefficient (Wildman–Crippen LogP) is 9.25. The third-order valence-corrected chi connectivity index (χ3v) is 20.4. The molecule has 0 N–H and O–H groups in total. The van der Waals surface area contributed by atoms with Gasteiger partial charge in [0.15, 0.2) is 0 Å². The molecule has 2 atom stereocenters. The fourth-order valence-electron chi connectivity index (χ4n) is 9.60. The van der Waals surface area contributed by atoms with Gasteiger partial charge in [-0.25, -0.2) is 31.2 Å². The van der Waals surface area contributed by atoms with Crippen LogP contribution >= 0.6 is 17.2 Å². The minimum Gasteiger partial charge on any atom is -0.748 e. The van der Waals surface area contributed by atoms with Crippen molar-refractivity contribution in [2.45, 2.75) is 114 Å². The second kappa shape index (κ2) is 15.0. The van der Waals surface area contributed by atoms with Gasteiger partial charge in [-0.05, 0) is 78.7 Å². The Morgan fingerprint density at radius 2 is 1.16 bits per heavy atom. The summed E-state index contributed by atoms with van der Waals surface area (Å²) in [6.07, 6.45) is 16.2. The fourth-order valence-corrected chi connectivity index (χ4v) is 19.8. The maximum Gasteiger partial charge on any atom is 0.147 e. The van der Waals surface area contributed by atoms with E-state index >= 15 is 0 Å². The van der Waals surface area contributed by atoms with E-state index in [1.165, 1.54) is 43.8 Å². The molecule has 2 aromatic heterocycles. The van der Waals surface area contributed by atoms with Crippen molar-refractivity contribution in [1.82, 2.24) is 19.9 Å². The Morgan fingerprint density at radius 1 is 0.735 bits per heavy atom. The Labute approximate surface area is 313 Å². The van der Waals surface area contributed by atoms with Gasteiger partial charge in [0.2, 0.25) is 0 Å². The predicted molar refractivity (Wildman–Crippen MR) is 215 cm³/mol. The molecule has 4 saturated carbocycles. The number of hydrogen-bond acceptors (Lipinski definition) is 4. The van der Waals surface area contributed by atoms with Crippen LogP contribution in [0.25, 0.3) is 0 Å². The van der Waals surface area contributed by atoms with Gasteiger partial charge in [0.05, 0.1) is 8.07 Å². The van der Waals surface area contributed by atoms with Gasteiger partial charge in [0.1, 0.15) is 16.8 Å². The Hall–Kier alpha value is -1.33. The first-order valence-corrected chi connectivity index (χ1v) is 27.4. The van der Waals surface area contributed by atoms with Crippen molar-refractivity contribution < 1.29 is 17.1 Å². The molecule has 2 unspecified atom stereocenters. The van der Waals surface area contributed by atoms with Crippen LogP contribution in [0, 0.1) is 23.7 Å². The molecule has 0 saturated heterocycles. The zero-order valence-electron chi connectivity index (χ0n) is 31.2. The standard InChI is InChI=1S/C35H53N4P2Si2.C5H5.Fe/c1-34(2,3)41(30-25-17-23-16-24(19-25)20-26(30)18-23)22-27-28(21-29(42(4,5)6)31(27)43(7,8)9)35(40,32-36-12-10-13-37-32)33-38-14-11-15-39-33;1-2-4-5-3-1;/h10-15,21,23-26,30H,16-20,22,40H2,1-9H3;1-5H;/q-1;-5;. The molecule has 49 heavy (non-hydrogen) atoms.